The van der Waals surface area contributed by atoms with Crippen molar-refractivity contribution >= 4 is 28.0 Å². The van der Waals surface area contributed by atoms with Crippen LogP contribution in [0.4, 0.5) is 0 Å². The Kier molecular flexibility index (Phi) is 1.38. The van der Waals surface area contributed by atoms with E-state index in [4.69, 9.17) is 0 Å². The summed E-state index contributed by atoms with van der Waals surface area (Å²) in [7, 11) is 0. The van der Waals surface area contributed by atoms with Gasteiger partial charge in [-0.3, -0.25) is 4.98 Å². The molecule has 76 valence electrons. The Balaban J connectivity index is 2.40. The van der Waals surface area contributed by atoms with Crippen molar-refractivity contribution in [3.8, 4) is 0 Å². The van der Waals surface area contributed by atoms with Gasteiger partial charge in [-0.2, -0.15) is 0 Å². The lowest BCUT2D eigenvalue weighted by molar-refractivity contribution is 1.08. The maximum atomic E-state index is 4.46. The van der Waals surface area contributed by atoms with Crippen LogP contribution in [0.5, 0.6) is 0 Å². The first-order chi connectivity index (χ1) is 7.95. The summed E-state index contributed by atoms with van der Waals surface area (Å²) in [6, 6.07) is 10.6. The van der Waals surface area contributed by atoms with Crippen molar-refractivity contribution in [3.63, 3.8) is 0 Å². The van der Waals surface area contributed by atoms with E-state index in [0.29, 0.717) is 0 Å². The minimum Gasteiger partial charge on any atom is -0.315 e. The van der Waals surface area contributed by atoms with Crippen LogP contribution in [0.2, 0.25) is 0 Å². The molecule has 0 saturated heterocycles. The molecule has 0 amide bonds. The zero-order valence-corrected chi connectivity index (χ0v) is 8.72. The highest BCUT2D eigenvalue weighted by Gasteiger charge is 2.14. The van der Waals surface area contributed by atoms with Gasteiger partial charge in [0.1, 0.15) is 0 Å². The van der Waals surface area contributed by atoms with Crippen molar-refractivity contribution in [2.75, 3.05) is 0 Å². The zero-order valence-electron chi connectivity index (χ0n) is 8.72. The maximum Gasteiger partial charge on any atom is 0.0754 e. The number of hydrogen-bond acceptors (Lipinski definition) is 1. The number of nitrogens with zero attached hydrogens (tertiary/aromatic N) is 2. The van der Waals surface area contributed by atoms with Gasteiger partial charge < -0.3 is 4.57 Å². The molecule has 1 aliphatic heterocycles. The molecule has 2 nitrogen and oxygen atoms in total. The Bertz CT molecular complexity index is 735. The number of rotatable bonds is 0. The first-order valence-electron chi connectivity index (χ1n) is 5.48. The molecule has 3 heterocycles. The molecule has 0 spiro atoms. The predicted octanol–water partition coefficient (Wildman–Crippen LogP) is 3.22. The topological polar surface area (TPSA) is 17.8 Å². The molecule has 0 N–H and O–H groups in total. The molecular formula is C14H10N2. The SMILES string of the molecule is C1=Cn2c3ccccc3c3ccnc(c32)C1. The first-order valence-corrected chi connectivity index (χ1v) is 5.48. The second kappa shape index (κ2) is 2.73. The van der Waals surface area contributed by atoms with Gasteiger partial charge in [0, 0.05) is 29.6 Å². The van der Waals surface area contributed by atoms with Crippen molar-refractivity contribution in [1.29, 1.82) is 0 Å². The minimum atomic E-state index is 0.938. The van der Waals surface area contributed by atoms with Crippen LogP contribution in [0.15, 0.2) is 42.6 Å². The molecule has 1 aromatic carbocycles. The lowest BCUT2D eigenvalue weighted by Crippen LogP contribution is -1.98. The maximum absolute atomic E-state index is 4.46. The molecule has 0 fully saturated rings. The summed E-state index contributed by atoms with van der Waals surface area (Å²) in [6.07, 6.45) is 7.17. The van der Waals surface area contributed by atoms with Crippen LogP contribution in [0.1, 0.15) is 5.69 Å². The second-order valence-corrected chi connectivity index (χ2v) is 4.13. The van der Waals surface area contributed by atoms with E-state index in [9.17, 15) is 0 Å². The monoisotopic (exact) mass is 206 g/mol. The predicted molar refractivity (Wildman–Crippen MR) is 66.3 cm³/mol. The lowest BCUT2D eigenvalue weighted by Gasteiger charge is -2.08. The van der Waals surface area contributed by atoms with Gasteiger partial charge in [0.05, 0.1) is 16.7 Å². The summed E-state index contributed by atoms with van der Waals surface area (Å²) < 4.78 is 2.25. The van der Waals surface area contributed by atoms with E-state index in [1.807, 2.05) is 6.20 Å². The summed E-state index contributed by atoms with van der Waals surface area (Å²) in [5.41, 5.74) is 3.71. The van der Waals surface area contributed by atoms with Gasteiger partial charge in [0.2, 0.25) is 0 Å². The number of allylic oxidation sites excluding steroid dienone is 1. The van der Waals surface area contributed by atoms with Crippen LogP contribution >= 0.6 is 0 Å². The Morgan fingerprint density at radius 2 is 2.00 bits per heavy atom. The Morgan fingerprint density at radius 3 is 3.00 bits per heavy atom. The van der Waals surface area contributed by atoms with Gasteiger partial charge in [-0.15, -0.1) is 0 Å². The largest absolute Gasteiger partial charge is 0.315 e. The van der Waals surface area contributed by atoms with E-state index in [1.54, 1.807) is 0 Å². The van der Waals surface area contributed by atoms with E-state index in [2.05, 4.69) is 52.2 Å². The van der Waals surface area contributed by atoms with Crippen LogP contribution in [-0.4, -0.2) is 9.55 Å². The number of para-hydroxylation sites is 1. The van der Waals surface area contributed by atoms with E-state index >= 15 is 0 Å². The Morgan fingerprint density at radius 1 is 1.06 bits per heavy atom. The third kappa shape index (κ3) is 0.847. The summed E-state index contributed by atoms with van der Waals surface area (Å²) in [6.45, 7) is 0. The molecular weight excluding hydrogens is 196 g/mol. The van der Waals surface area contributed by atoms with Crippen molar-refractivity contribution in [1.82, 2.24) is 9.55 Å². The van der Waals surface area contributed by atoms with Gasteiger partial charge in [0.15, 0.2) is 0 Å². The van der Waals surface area contributed by atoms with Crippen LogP contribution in [0.25, 0.3) is 28.0 Å². The zero-order chi connectivity index (χ0) is 10.5. The van der Waals surface area contributed by atoms with Crippen molar-refractivity contribution in [3.05, 3.63) is 48.3 Å². The van der Waals surface area contributed by atoms with E-state index < -0.39 is 0 Å². The highest BCUT2D eigenvalue weighted by Crippen LogP contribution is 2.32. The van der Waals surface area contributed by atoms with E-state index in [0.717, 1.165) is 6.42 Å². The number of pyridine rings is 1. The van der Waals surface area contributed by atoms with Crippen LogP contribution in [-0.2, 0) is 6.42 Å². The van der Waals surface area contributed by atoms with Gasteiger partial charge in [-0.1, -0.05) is 24.3 Å². The third-order valence-electron chi connectivity index (χ3n) is 3.26. The van der Waals surface area contributed by atoms with Crippen molar-refractivity contribution in [2.24, 2.45) is 0 Å². The first kappa shape index (κ1) is 8.11. The summed E-state index contributed by atoms with van der Waals surface area (Å²) >= 11 is 0. The van der Waals surface area contributed by atoms with Gasteiger partial charge >= 0.3 is 0 Å². The highest BCUT2D eigenvalue weighted by molar-refractivity contribution is 6.10. The summed E-state index contributed by atoms with van der Waals surface area (Å²) in [5, 5.41) is 2.62. The number of hydrogen-bond donors (Lipinski definition) is 0. The van der Waals surface area contributed by atoms with Gasteiger partial charge in [0.25, 0.3) is 0 Å². The van der Waals surface area contributed by atoms with Gasteiger partial charge in [-0.25, -0.2) is 0 Å². The average Bonchev–Trinajstić information content (AvgIpc) is 2.68. The quantitative estimate of drug-likeness (QED) is 0.552. The van der Waals surface area contributed by atoms with E-state index in [1.165, 1.54) is 27.5 Å². The van der Waals surface area contributed by atoms with Crippen LogP contribution in [0, 0.1) is 0 Å². The number of aromatic nitrogens is 2. The van der Waals surface area contributed by atoms with Crippen molar-refractivity contribution in [2.45, 2.75) is 6.42 Å². The molecule has 16 heavy (non-hydrogen) atoms. The summed E-state index contributed by atoms with van der Waals surface area (Å²) in [5.74, 6) is 0. The fourth-order valence-corrected chi connectivity index (χ4v) is 2.59. The molecule has 2 aromatic heterocycles. The molecule has 2 heteroatoms. The van der Waals surface area contributed by atoms with E-state index in [-0.39, 0.29) is 0 Å². The Hall–Kier alpha value is -2.09. The smallest absolute Gasteiger partial charge is 0.0754 e. The fraction of sp³-hybridized carbons (Fsp3) is 0.0714. The molecule has 0 aliphatic carbocycles. The van der Waals surface area contributed by atoms with Crippen LogP contribution < -0.4 is 0 Å². The molecule has 0 bridgehead atoms. The molecule has 3 aromatic rings. The molecule has 1 aliphatic rings. The normalized spacial score (nSPS) is 13.8. The molecule has 0 unspecified atom stereocenters. The fourth-order valence-electron chi connectivity index (χ4n) is 2.59. The average molecular weight is 206 g/mol. The standard InChI is InChI=1S/C14H10N2/c1-2-6-13-10(4-1)11-7-8-15-12-5-3-9-16(13)14(11)12/h1-4,6-9H,5H2. The Labute approximate surface area is 92.8 Å². The number of benzene rings is 1. The lowest BCUT2D eigenvalue weighted by atomic mass is 10.1. The molecule has 0 atom stereocenters. The molecule has 4 rings (SSSR count). The van der Waals surface area contributed by atoms with Crippen molar-refractivity contribution < 1.29 is 0 Å². The molecule has 0 radical (unpaired) electrons. The van der Waals surface area contributed by atoms with Crippen LogP contribution in [0.3, 0.4) is 0 Å². The summed E-state index contributed by atoms with van der Waals surface area (Å²) in [4.78, 5) is 4.46. The van der Waals surface area contributed by atoms with Gasteiger partial charge in [-0.05, 0) is 12.1 Å². The molecule has 0 saturated carbocycles. The second-order valence-electron chi connectivity index (χ2n) is 4.13. The third-order valence-corrected chi connectivity index (χ3v) is 3.26. The highest BCUT2D eigenvalue weighted by atomic mass is 15.0. The minimum absolute atomic E-state index is 0.938. The number of fused-ring (bicyclic) bond motifs is 3.